The van der Waals surface area contributed by atoms with Gasteiger partial charge in [0.15, 0.2) is 0 Å². The number of halogens is 1. The number of benzene rings is 2. The number of hydrogen-bond donors (Lipinski definition) is 2. The highest BCUT2D eigenvalue weighted by atomic mass is 19.1. The van der Waals surface area contributed by atoms with Gasteiger partial charge in [0.2, 0.25) is 0 Å². The number of carbonyl (C=O) groups is 1. The van der Waals surface area contributed by atoms with Gasteiger partial charge in [-0.05, 0) is 43.7 Å². The molecule has 0 aliphatic carbocycles. The van der Waals surface area contributed by atoms with Crippen molar-refractivity contribution in [2.24, 2.45) is 0 Å². The smallest absolute Gasteiger partial charge is 0.338 e. The Labute approximate surface area is 122 Å². The van der Waals surface area contributed by atoms with Crippen molar-refractivity contribution in [3.05, 3.63) is 53.3 Å². The minimum atomic E-state index is -0.439. The van der Waals surface area contributed by atoms with Crippen LogP contribution in [0.5, 0.6) is 0 Å². The standard InChI is InChI=1S/C16H17FN2O2/c1-3-21-16(20)11-7-8-13(18)14(9-11)19-15-10(2)5-4-6-12(15)17/h4-9,19H,3,18H2,1-2H3. The summed E-state index contributed by atoms with van der Waals surface area (Å²) in [5.74, 6) is -0.818. The van der Waals surface area contributed by atoms with Gasteiger partial charge in [-0.25, -0.2) is 9.18 Å². The molecule has 110 valence electrons. The molecule has 2 aromatic carbocycles. The molecule has 0 atom stereocenters. The van der Waals surface area contributed by atoms with Crippen molar-refractivity contribution in [1.82, 2.24) is 0 Å². The van der Waals surface area contributed by atoms with Crippen LogP contribution < -0.4 is 11.1 Å². The van der Waals surface area contributed by atoms with Crippen LogP contribution in [0.2, 0.25) is 0 Å². The lowest BCUT2D eigenvalue weighted by molar-refractivity contribution is 0.0526. The third-order valence-electron chi connectivity index (χ3n) is 3.05. The fourth-order valence-electron chi connectivity index (χ4n) is 1.93. The molecule has 3 N–H and O–H groups in total. The van der Waals surface area contributed by atoms with E-state index in [1.54, 1.807) is 44.2 Å². The molecule has 21 heavy (non-hydrogen) atoms. The lowest BCUT2D eigenvalue weighted by atomic mass is 10.1. The fraction of sp³-hybridized carbons (Fsp3) is 0.188. The molecule has 0 aliphatic rings. The molecule has 0 heterocycles. The molecule has 2 aromatic rings. The molecule has 0 unspecified atom stereocenters. The third-order valence-corrected chi connectivity index (χ3v) is 3.05. The molecule has 0 amide bonds. The first-order valence-electron chi connectivity index (χ1n) is 6.61. The summed E-state index contributed by atoms with van der Waals surface area (Å²) in [5, 5.41) is 2.94. The number of rotatable bonds is 4. The van der Waals surface area contributed by atoms with Crippen molar-refractivity contribution in [2.45, 2.75) is 13.8 Å². The van der Waals surface area contributed by atoms with Crippen LogP contribution in [0.4, 0.5) is 21.5 Å². The van der Waals surface area contributed by atoms with Gasteiger partial charge in [-0.2, -0.15) is 0 Å². The molecule has 5 heteroatoms. The second-order valence-electron chi connectivity index (χ2n) is 4.58. The molecule has 0 aromatic heterocycles. The third kappa shape index (κ3) is 3.31. The zero-order chi connectivity index (χ0) is 15.4. The van der Waals surface area contributed by atoms with Crippen molar-refractivity contribution in [3.8, 4) is 0 Å². The highest BCUT2D eigenvalue weighted by Crippen LogP contribution is 2.28. The molecule has 2 rings (SSSR count). The van der Waals surface area contributed by atoms with Gasteiger partial charge < -0.3 is 15.8 Å². The monoisotopic (exact) mass is 288 g/mol. The molecule has 0 aliphatic heterocycles. The van der Waals surface area contributed by atoms with Crippen LogP contribution in [0.3, 0.4) is 0 Å². The molecular weight excluding hydrogens is 271 g/mol. The first kappa shape index (κ1) is 14.8. The highest BCUT2D eigenvalue weighted by Gasteiger charge is 2.12. The summed E-state index contributed by atoms with van der Waals surface area (Å²) in [6.07, 6.45) is 0. The summed E-state index contributed by atoms with van der Waals surface area (Å²) in [6, 6.07) is 9.50. The summed E-state index contributed by atoms with van der Waals surface area (Å²) >= 11 is 0. The second-order valence-corrected chi connectivity index (χ2v) is 4.58. The van der Waals surface area contributed by atoms with Crippen LogP contribution in [0.15, 0.2) is 36.4 Å². The minimum Gasteiger partial charge on any atom is -0.462 e. The van der Waals surface area contributed by atoms with Crippen LogP contribution >= 0.6 is 0 Å². The SMILES string of the molecule is CCOC(=O)c1ccc(N)c(Nc2c(C)cccc2F)c1. The maximum Gasteiger partial charge on any atom is 0.338 e. The molecule has 0 saturated heterocycles. The Morgan fingerprint density at radius 2 is 2.10 bits per heavy atom. The fourth-order valence-corrected chi connectivity index (χ4v) is 1.93. The number of carbonyl (C=O) groups excluding carboxylic acids is 1. The molecule has 0 fully saturated rings. The van der Waals surface area contributed by atoms with E-state index in [-0.39, 0.29) is 5.82 Å². The number of nitrogens with one attached hydrogen (secondary N) is 1. The normalized spacial score (nSPS) is 10.2. The van der Waals surface area contributed by atoms with Crippen molar-refractivity contribution in [3.63, 3.8) is 0 Å². The van der Waals surface area contributed by atoms with Gasteiger partial charge in [0.05, 0.1) is 29.2 Å². The van der Waals surface area contributed by atoms with E-state index in [0.29, 0.717) is 29.2 Å². The van der Waals surface area contributed by atoms with Gasteiger partial charge in [-0.1, -0.05) is 12.1 Å². The van der Waals surface area contributed by atoms with Gasteiger partial charge in [-0.3, -0.25) is 0 Å². The predicted octanol–water partition coefficient (Wildman–Crippen LogP) is 3.64. The average molecular weight is 288 g/mol. The average Bonchev–Trinajstić information content (AvgIpc) is 2.45. The van der Waals surface area contributed by atoms with Gasteiger partial charge >= 0.3 is 5.97 Å². The molecule has 0 saturated carbocycles. The van der Waals surface area contributed by atoms with E-state index >= 15 is 0 Å². The maximum atomic E-state index is 13.9. The molecule has 0 spiro atoms. The van der Waals surface area contributed by atoms with Gasteiger partial charge in [-0.15, -0.1) is 0 Å². The molecular formula is C16H17FN2O2. The Balaban J connectivity index is 2.35. The number of aryl methyl sites for hydroxylation is 1. The number of ether oxygens (including phenoxy) is 1. The number of hydrogen-bond acceptors (Lipinski definition) is 4. The van der Waals surface area contributed by atoms with E-state index in [4.69, 9.17) is 10.5 Å². The van der Waals surface area contributed by atoms with E-state index in [9.17, 15) is 9.18 Å². The summed E-state index contributed by atoms with van der Waals surface area (Å²) in [4.78, 5) is 11.7. The van der Waals surface area contributed by atoms with Crippen molar-refractivity contribution in [1.29, 1.82) is 0 Å². The van der Waals surface area contributed by atoms with E-state index in [1.807, 2.05) is 0 Å². The van der Waals surface area contributed by atoms with Gasteiger partial charge in [0.25, 0.3) is 0 Å². The van der Waals surface area contributed by atoms with E-state index < -0.39 is 5.97 Å². The molecule has 4 nitrogen and oxygen atoms in total. The maximum absolute atomic E-state index is 13.9. The zero-order valence-electron chi connectivity index (χ0n) is 11.9. The lowest BCUT2D eigenvalue weighted by Gasteiger charge is -2.13. The van der Waals surface area contributed by atoms with E-state index in [2.05, 4.69) is 5.32 Å². The van der Waals surface area contributed by atoms with E-state index in [0.717, 1.165) is 5.56 Å². The van der Waals surface area contributed by atoms with Crippen LogP contribution in [-0.2, 0) is 4.74 Å². The summed E-state index contributed by atoms with van der Waals surface area (Å²) in [7, 11) is 0. The van der Waals surface area contributed by atoms with Crippen molar-refractivity contribution < 1.29 is 13.9 Å². The van der Waals surface area contributed by atoms with Gasteiger partial charge in [0.1, 0.15) is 5.82 Å². The lowest BCUT2D eigenvalue weighted by Crippen LogP contribution is -2.07. The van der Waals surface area contributed by atoms with Crippen LogP contribution in [0.25, 0.3) is 0 Å². The van der Waals surface area contributed by atoms with E-state index in [1.165, 1.54) is 6.07 Å². The molecule has 0 bridgehead atoms. The first-order chi connectivity index (χ1) is 10.0. The van der Waals surface area contributed by atoms with Crippen LogP contribution in [0, 0.1) is 12.7 Å². The Morgan fingerprint density at radius 3 is 2.76 bits per heavy atom. The Kier molecular flexibility index (Phi) is 4.42. The van der Waals surface area contributed by atoms with Crippen molar-refractivity contribution >= 4 is 23.0 Å². The molecule has 0 radical (unpaired) electrons. The zero-order valence-corrected chi connectivity index (χ0v) is 11.9. The Hall–Kier alpha value is -2.56. The highest BCUT2D eigenvalue weighted by molar-refractivity contribution is 5.92. The number of anilines is 3. The summed E-state index contributed by atoms with van der Waals surface area (Å²) in [6.45, 7) is 3.81. The topological polar surface area (TPSA) is 64.3 Å². The largest absolute Gasteiger partial charge is 0.462 e. The Morgan fingerprint density at radius 1 is 1.33 bits per heavy atom. The second kappa shape index (κ2) is 6.26. The minimum absolute atomic E-state index is 0.290. The number of para-hydroxylation sites is 1. The van der Waals surface area contributed by atoms with Crippen LogP contribution in [-0.4, -0.2) is 12.6 Å². The van der Waals surface area contributed by atoms with Crippen LogP contribution in [0.1, 0.15) is 22.8 Å². The van der Waals surface area contributed by atoms with Crippen molar-refractivity contribution in [2.75, 3.05) is 17.7 Å². The Bertz CT molecular complexity index is 651. The summed E-state index contributed by atoms with van der Waals surface area (Å²) < 4.78 is 18.8. The van der Waals surface area contributed by atoms with Gasteiger partial charge in [0, 0.05) is 0 Å². The number of esters is 1. The number of nitrogens with two attached hydrogens (primary N) is 1. The first-order valence-corrected chi connectivity index (χ1v) is 6.61. The summed E-state index contributed by atoms with van der Waals surface area (Å²) in [5.41, 5.74) is 8.21. The predicted molar refractivity (Wildman–Crippen MR) is 81.2 cm³/mol. The number of nitrogen functional groups attached to an aromatic ring is 1. The quantitative estimate of drug-likeness (QED) is 0.666.